The van der Waals surface area contributed by atoms with Crippen LogP contribution in [0.25, 0.3) is 0 Å². The Morgan fingerprint density at radius 1 is 1.29 bits per heavy atom. The summed E-state index contributed by atoms with van der Waals surface area (Å²) in [6, 6.07) is 3.53. The molecule has 0 bridgehead atoms. The highest BCUT2D eigenvalue weighted by Gasteiger charge is 2.31. The van der Waals surface area contributed by atoms with Gasteiger partial charge in [-0.2, -0.15) is 0 Å². The van der Waals surface area contributed by atoms with Crippen LogP contribution in [-0.2, 0) is 10.0 Å². The molecule has 9 heteroatoms. The summed E-state index contributed by atoms with van der Waals surface area (Å²) >= 11 is 0. The Morgan fingerprint density at radius 2 is 1.86 bits per heavy atom. The van der Waals surface area contributed by atoms with Gasteiger partial charge in [-0.1, -0.05) is 0 Å². The molecule has 1 rings (SSSR count). The van der Waals surface area contributed by atoms with Gasteiger partial charge in [-0.05, 0) is 44.0 Å². The summed E-state index contributed by atoms with van der Waals surface area (Å²) in [7, 11) is -3.82. The number of sulfonamides is 1. The number of hydrogen-bond donors (Lipinski definition) is 2. The molecule has 5 nitrogen and oxygen atoms in total. The topological polar surface area (TPSA) is 75.6 Å². The van der Waals surface area contributed by atoms with Crippen LogP contribution >= 0.6 is 0 Å². The largest absolute Gasteiger partial charge is 0.573 e. The highest BCUT2D eigenvalue weighted by Crippen LogP contribution is 2.23. The van der Waals surface area contributed by atoms with Crippen LogP contribution in [-0.4, -0.2) is 32.5 Å². The number of nitrogens with one attached hydrogen (secondary N) is 1. The van der Waals surface area contributed by atoms with Crippen LogP contribution in [0.4, 0.5) is 13.2 Å². The average Bonchev–Trinajstić information content (AvgIpc) is 2.34. The standard InChI is InChI=1S/C12H16F3NO4S/c1-9(3-2-8-17)16-21(18,19)11-6-4-10(5-7-11)20-12(13,14)15/h4-7,9,16-17H,2-3,8H2,1H3. The van der Waals surface area contributed by atoms with Gasteiger partial charge in [-0.25, -0.2) is 13.1 Å². The third-order valence-corrected chi connectivity index (χ3v) is 4.12. The maximum absolute atomic E-state index is 12.0. The zero-order valence-corrected chi connectivity index (χ0v) is 12.0. The van der Waals surface area contributed by atoms with E-state index in [1.807, 2.05) is 0 Å². The molecule has 0 radical (unpaired) electrons. The molecule has 0 amide bonds. The fourth-order valence-corrected chi connectivity index (χ4v) is 2.89. The molecule has 1 aromatic rings. The molecule has 1 atom stereocenters. The molecule has 2 N–H and O–H groups in total. The van der Waals surface area contributed by atoms with Crippen molar-refractivity contribution in [3.05, 3.63) is 24.3 Å². The molecule has 0 fully saturated rings. The summed E-state index contributed by atoms with van der Waals surface area (Å²) in [5.41, 5.74) is 0. The number of rotatable bonds is 7. The van der Waals surface area contributed by atoms with Crippen LogP contribution in [0, 0.1) is 0 Å². The van der Waals surface area contributed by atoms with E-state index in [2.05, 4.69) is 9.46 Å². The van der Waals surface area contributed by atoms with Crippen molar-refractivity contribution in [2.75, 3.05) is 6.61 Å². The third kappa shape index (κ3) is 6.32. The number of halogens is 3. The monoisotopic (exact) mass is 327 g/mol. The second kappa shape index (κ2) is 7.10. The van der Waals surface area contributed by atoms with Crippen molar-refractivity contribution in [1.29, 1.82) is 0 Å². The average molecular weight is 327 g/mol. The van der Waals surface area contributed by atoms with E-state index in [9.17, 15) is 21.6 Å². The lowest BCUT2D eigenvalue weighted by atomic mass is 10.2. The third-order valence-electron chi connectivity index (χ3n) is 2.52. The predicted octanol–water partition coefficient (Wildman–Crippen LogP) is 2.02. The zero-order valence-electron chi connectivity index (χ0n) is 11.2. The maximum atomic E-state index is 12.0. The normalized spacial score (nSPS) is 14.0. The van der Waals surface area contributed by atoms with Crippen molar-refractivity contribution >= 4 is 10.0 Å². The lowest BCUT2D eigenvalue weighted by Crippen LogP contribution is -2.32. The second-order valence-electron chi connectivity index (χ2n) is 4.41. The van der Waals surface area contributed by atoms with Gasteiger partial charge in [0, 0.05) is 12.6 Å². The van der Waals surface area contributed by atoms with Gasteiger partial charge in [0.15, 0.2) is 0 Å². The minimum atomic E-state index is -4.82. The van der Waals surface area contributed by atoms with Crippen molar-refractivity contribution in [3.63, 3.8) is 0 Å². The quantitative estimate of drug-likeness (QED) is 0.803. The molecular weight excluding hydrogens is 311 g/mol. The van der Waals surface area contributed by atoms with Gasteiger partial charge in [0.25, 0.3) is 0 Å². The van der Waals surface area contributed by atoms with Gasteiger partial charge < -0.3 is 9.84 Å². The van der Waals surface area contributed by atoms with E-state index in [0.717, 1.165) is 24.3 Å². The Kier molecular flexibility index (Phi) is 5.99. The molecule has 0 aliphatic carbocycles. The summed E-state index contributed by atoms with van der Waals surface area (Å²) in [6.45, 7) is 1.59. The van der Waals surface area contributed by atoms with Gasteiger partial charge in [0.2, 0.25) is 10.0 Å². The van der Waals surface area contributed by atoms with E-state index in [-0.39, 0.29) is 11.5 Å². The molecule has 0 aliphatic heterocycles. The second-order valence-corrected chi connectivity index (χ2v) is 6.12. The first-order valence-electron chi connectivity index (χ1n) is 6.13. The first kappa shape index (κ1) is 17.7. The van der Waals surface area contributed by atoms with Crippen LogP contribution in [0.1, 0.15) is 19.8 Å². The summed E-state index contributed by atoms with van der Waals surface area (Å²) < 4.78 is 65.9. The van der Waals surface area contributed by atoms with Crippen molar-refractivity contribution < 1.29 is 31.4 Å². The number of hydrogen-bond acceptors (Lipinski definition) is 4. The van der Waals surface area contributed by atoms with Crippen LogP contribution in [0.5, 0.6) is 5.75 Å². The fourth-order valence-electron chi connectivity index (χ4n) is 1.61. The first-order valence-corrected chi connectivity index (χ1v) is 7.61. The number of benzene rings is 1. The van der Waals surface area contributed by atoms with E-state index < -0.39 is 28.2 Å². The Labute approximate surface area is 120 Å². The molecule has 0 saturated heterocycles. The number of aliphatic hydroxyl groups excluding tert-OH is 1. The Morgan fingerprint density at radius 3 is 2.33 bits per heavy atom. The highest BCUT2D eigenvalue weighted by atomic mass is 32.2. The van der Waals surface area contributed by atoms with Crippen molar-refractivity contribution in [2.45, 2.75) is 37.1 Å². The molecule has 120 valence electrons. The maximum Gasteiger partial charge on any atom is 0.573 e. The van der Waals surface area contributed by atoms with Crippen molar-refractivity contribution in [3.8, 4) is 5.75 Å². The molecular formula is C12H16F3NO4S. The number of ether oxygens (including phenoxy) is 1. The minimum Gasteiger partial charge on any atom is -0.406 e. The molecule has 1 aromatic carbocycles. The lowest BCUT2D eigenvalue weighted by Gasteiger charge is -2.14. The van der Waals surface area contributed by atoms with Crippen LogP contribution in [0.3, 0.4) is 0 Å². The van der Waals surface area contributed by atoms with Crippen LogP contribution in [0.2, 0.25) is 0 Å². The number of aliphatic hydroxyl groups is 1. The number of alkyl halides is 3. The molecule has 1 unspecified atom stereocenters. The summed E-state index contributed by atoms with van der Waals surface area (Å²) in [5, 5.41) is 8.67. The SMILES string of the molecule is CC(CCCO)NS(=O)(=O)c1ccc(OC(F)(F)F)cc1. The molecule has 21 heavy (non-hydrogen) atoms. The highest BCUT2D eigenvalue weighted by molar-refractivity contribution is 7.89. The summed E-state index contributed by atoms with van der Waals surface area (Å²) in [5.74, 6) is -0.491. The molecule has 0 aliphatic rings. The van der Waals surface area contributed by atoms with Gasteiger partial charge in [0.05, 0.1) is 4.90 Å². The molecule has 0 spiro atoms. The molecule has 0 aromatic heterocycles. The smallest absolute Gasteiger partial charge is 0.406 e. The van der Waals surface area contributed by atoms with E-state index in [1.54, 1.807) is 6.92 Å². The minimum absolute atomic E-state index is 0.0461. The summed E-state index contributed by atoms with van der Waals surface area (Å²) in [4.78, 5) is -0.159. The van der Waals surface area contributed by atoms with Crippen molar-refractivity contribution in [1.82, 2.24) is 4.72 Å². The molecule has 0 heterocycles. The van der Waals surface area contributed by atoms with Crippen LogP contribution in [0.15, 0.2) is 29.2 Å². The van der Waals surface area contributed by atoms with Gasteiger partial charge in [-0.3, -0.25) is 0 Å². The Hall–Kier alpha value is -1.32. The zero-order chi connectivity index (χ0) is 16.1. The van der Waals surface area contributed by atoms with E-state index in [4.69, 9.17) is 5.11 Å². The molecule has 0 saturated carbocycles. The predicted molar refractivity (Wildman–Crippen MR) is 69.2 cm³/mol. The fraction of sp³-hybridized carbons (Fsp3) is 0.500. The van der Waals surface area contributed by atoms with Gasteiger partial charge in [0.1, 0.15) is 5.75 Å². The lowest BCUT2D eigenvalue weighted by molar-refractivity contribution is -0.274. The van der Waals surface area contributed by atoms with E-state index >= 15 is 0 Å². The summed E-state index contributed by atoms with van der Waals surface area (Å²) in [6.07, 6.45) is -3.93. The first-order chi connectivity index (χ1) is 9.64. The van der Waals surface area contributed by atoms with Gasteiger partial charge in [-0.15, -0.1) is 13.2 Å². The van der Waals surface area contributed by atoms with Gasteiger partial charge >= 0.3 is 6.36 Å². The van der Waals surface area contributed by atoms with E-state index in [1.165, 1.54) is 0 Å². The Bertz CT molecular complexity index is 543. The van der Waals surface area contributed by atoms with Crippen LogP contribution < -0.4 is 9.46 Å². The Balaban J connectivity index is 2.76. The van der Waals surface area contributed by atoms with E-state index in [0.29, 0.717) is 12.8 Å². The van der Waals surface area contributed by atoms with Crippen molar-refractivity contribution in [2.24, 2.45) is 0 Å².